The molecule has 1 heterocycles. The molecule has 0 aromatic rings. The van der Waals surface area contributed by atoms with E-state index in [0.29, 0.717) is 12.3 Å². The van der Waals surface area contributed by atoms with Gasteiger partial charge in [0.05, 0.1) is 0 Å². The third-order valence-electron chi connectivity index (χ3n) is 2.53. The fourth-order valence-electron chi connectivity index (χ4n) is 1.40. The highest BCUT2D eigenvalue weighted by Gasteiger charge is 2.35. The van der Waals surface area contributed by atoms with E-state index in [2.05, 4.69) is 10.6 Å². The molecule has 0 aromatic heterocycles. The summed E-state index contributed by atoms with van der Waals surface area (Å²) < 4.78 is 0. The molecule has 0 radical (unpaired) electrons. The number of carbonyl (C=O) groups excluding carboxylic acids is 1. The number of amides is 1. The van der Waals surface area contributed by atoms with Crippen LogP contribution in [-0.4, -0.2) is 31.1 Å². The van der Waals surface area contributed by atoms with Crippen molar-refractivity contribution in [1.29, 1.82) is 0 Å². The van der Waals surface area contributed by atoms with Crippen LogP contribution in [0, 0.1) is 5.92 Å². The second-order valence-electron chi connectivity index (χ2n) is 3.80. The number of nitrogens with one attached hydrogen (secondary N) is 2. The molecule has 2 rings (SSSR count). The Morgan fingerprint density at radius 2 is 2.25 bits per heavy atom. The van der Waals surface area contributed by atoms with E-state index >= 15 is 0 Å². The second-order valence-corrected chi connectivity index (χ2v) is 3.80. The van der Waals surface area contributed by atoms with E-state index in [1.54, 1.807) is 0 Å². The third-order valence-corrected chi connectivity index (χ3v) is 2.53. The Morgan fingerprint density at radius 1 is 1.58 bits per heavy atom. The van der Waals surface area contributed by atoms with Crippen molar-refractivity contribution >= 4 is 5.91 Å². The molecule has 2 fully saturated rings. The second kappa shape index (κ2) is 3.03. The van der Waals surface area contributed by atoms with Crippen LogP contribution in [0.5, 0.6) is 0 Å². The first-order valence-electron chi connectivity index (χ1n) is 4.51. The van der Waals surface area contributed by atoms with Gasteiger partial charge in [-0.3, -0.25) is 4.79 Å². The standard InChI is InChI=1S/C8H15N3O/c9-6-2-7(6)11-8(12)1-5-3-10-4-5/h5-7,10H,1-4,9H2,(H,11,12). The van der Waals surface area contributed by atoms with Crippen molar-refractivity contribution in [2.75, 3.05) is 13.1 Å². The van der Waals surface area contributed by atoms with Crippen LogP contribution < -0.4 is 16.4 Å². The average molecular weight is 169 g/mol. The number of hydrogen-bond donors (Lipinski definition) is 3. The van der Waals surface area contributed by atoms with Gasteiger partial charge in [-0.1, -0.05) is 0 Å². The predicted octanol–water partition coefficient (Wildman–Crippen LogP) is -1.19. The molecule has 0 spiro atoms. The van der Waals surface area contributed by atoms with E-state index in [9.17, 15) is 4.79 Å². The SMILES string of the molecule is NC1CC1NC(=O)CC1CNC1. The van der Waals surface area contributed by atoms with Gasteiger partial charge >= 0.3 is 0 Å². The van der Waals surface area contributed by atoms with Crippen LogP contribution >= 0.6 is 0 Å². The van der Waals surface area contributed by atoms with Crippen molar-refractivity contribution in [2.24, 2.45) is 11.7 Å². The van der Waals surface area contributed by atoms with Crippen LogP contribution in [0.2, 0.25) is 0 Å². The number of nitrogens with two attached hydrogens (primary N) is 1. The lowest BCUT2D eigenvalue weighted by molar-refractivity contribution is -0.122. The minimum absolute atomic E-state index is 0.166. The molecular formula is C8H15N3O. The molecule has 0 aromatic carbocycles. The van der Waals surface area contributed by atoms with Crippen LogP contribution in [0.4, 0.5) is 0 Å². The van der Waals surface area contributed by atoms with Crippen molar-refractivity contribution in [3.05, 3.63) is 0 Å². The van der Waals surface area contributed by atoms with Gasteiger partial charge in [0.1, 0.15) is 0 Å². The zero-order chi connectivity index (χ0) is 8.55. The van der Waals surface area contributed by atoms with E-state index < -0.39 is 0 Å². The molecule has 4 N–H and O–H groups in total. The Morgan fingerprint density at radius 3 is 2.67 bits per heavy atom. The lowest BCUT2D eigenvalue weighted by atomic mass is 9.99. The van der Waals surface area contributed by atoms with Gasteiger partial charge in [-0.05, 0) is 25.4 Å². The van der Waals surface area contributed by atoms with Gasteiger partial charge in [0.15, 0.2) is 0 Å². The highest BCUT2D eigenvalue weighted by molar-refractivity contribution is 5.77. The smallest absolute Gasteiger partial charge is 0.220 e. The number of carbonyl (C=O) groups is 1. The van der Waals surface area contributed by atoms with Gasteiger partial charge in [-0.2, -0.15) is 0 Å². The first kappa shape index (κ1) is 8.01. The number of hydrogen-bond acceptors (Lipinski definition) is 3. The van der Waals surface area contributed by atoms with E-state index in [4.69, 9.17) is 5.73 Å². The topological polar surface area (TPSA) is 67.1 Å². The summed E-state index contributed by atoms with van der Waals surface area (Å²) in [4.78, 5) is 11.2. The van der Waals surface area contributed by atoms with Gasteiger partial charge < -0.3 is 16.4 Å². The minimum Gasteiger partial charge on any atom is -0.352 e. The monoisotopic (exact) mass is 169 g/mol. The Bertz CT molecular complexity index is 182. The molecule has 2 unspecified atom stereocenters. The lowest BCUT2D eigenvalue weighted by Crippen LogP contribution is -2.45. The van der Waals surface area contributed by atoms with Crippen molar-refractivity contribution in [3.63, 3.8) is 0 Å². The molecule has 2 atom stereocenters. The molecule has 1 saturated heterocycles. The summed E-state index contributed by atoms with van der Waals surface area (Å²) in [5.74, 6) is 0.722. The van der Waals surface area contributed by atoms with Crippen molar-refractivity contribution in [1.82, 2.24) is 10.6 Å². The highest BCUT2D eigenvalue weighted by atomic mass is 16.1. The van der Waals surface area contributed by atoms with Gasteiger partial charge in [-0.25, -0.2) is 0 Å². The zero-order valence-electron chi connectivity index (χ0n) is 7.05. The molecule has 1 amide bonds. The Hall–Kier alpha value is -0.610. The fraction of sp³-hybridized carbons (Fsp3) is 0.875. The van der Waals surface area contributed by atoms with Gasteiger partial charge in [-0.15, -0.1) is 0 Å². The lowest BCUT2D eigenvalue weighted by Gasteiger charge is -2.26. The molecule has 4 heteroatoms. The summed E-state index contributed by atoms with van der Waals surface area (Å²) >= 11 is 0. The maximum absolute atomic E-state index is 11.2. The number of rotatable bonds is 3. The molecule has 2 aliphatic rings. The maximum atomic E-state index is 11.2. The van der Waals surface area contributed by atoms with Crippen molar-refractivity contribution in [3.8, 4) is 0 Å². The van der Waals surface area contributed by atoms with Crippen LogP contribution in [0.1, 0.15) is 12.8 Å². The molecule has 1 aliphatic carbocycles. The van der Waals surface area contributed by atoms with Crippen molar-refractivity contribution in [2.45, 2.75) is 24.9 Å². The summed E-state index contributed by atoms with van der Waals surface area (Å²) in [7, 11) is 0. The minimum atomic E-state index is 0.166. The first-order chi connectivity index (χ1) is 5.75. The maximum Gasteiger partial charge on any atom is 0.220 e. The average Bonchev–Trinajstić information content (AvgIpc) is 2.58. The van der Waals surface area contributed by atoms with Crippen LogP contribution in [0.15, 0.2) is 0 Å². The van der Waals surface area contributed by atoms with Crippen LogP contribution in [-0.2, 0) is 4.79 Å². The van der Waals surface area contributed by atoms with E-state index in [0.717, 1.165) is 19.5 Å². The quantitative estimate of drug-likeness (QED) is 0.498. The first-order valence-corrected chi connectivity index (χ1v) is 4.51. The summed E-state index contributed by atoms with van der Waals surface area (Å²) in [6.45, 7) is 1.98. The Balaban J connectivity index is 1.63. The van der Waals surface area contributed by atoms with E-state index in [1.165, 1.54) is 0 Å². The fourth-order valence-corrected chi connectivity index (χ4v) is 1.40. The molecule has 4 nitrogen and oxygen atoms in total. The molecular weight excluding hydrogens is 154 g/mol. The van der Waals surface area contributed by atoms with Gasteiger partial charge in [0.25, 0.3) is 0 Å². The zero-order valence-corrected chi connectivity index (χ0v) is 7.05. The summed E-state index contributed by atoms with van der Waals surface area (Å²) in [6.07, 6.45) is 1.62. The van der Waals surface area contributed by atoms with Crippen molar-refractivity contribution < 1.29 is 4.79 Å². The predicted molar refractivity (Wildman–Crippen MR) is 45.5 cm³/mol. The summed E-state index contributed by atoms with van der Waals surface area (Å²) in [5.41, 5.74) is 5.57. The molecule has 0 bridgehead atoms. The van der Waals surface area contributed by atoms with Gasteiger partial charge in [0, 0.05) is 18.5 Å². The van der Waals surface area contributed by atoms with Gasteiger partial charge in [0.2, 0.25) is 5.91 Å². The molecule has 12 heavy (non-hydrogen) atoms. The summed E-state index contributed by atoms with van der Waals surface area (Å²) in [5, 5.41) is 6.05. The van der Waals surface area contributed by atoms with E-state index in [-0.39, 0.29) is 18.0 Å². The molecule has 68 valence electrons. The highest BCUT2D eigenvalue weighted by Crippen LogP contribution is 2.18. The molecule has 1 aliphatic heterocycles. The third kappa shape index (κ3) is 1.76. The summed E-state index contributed by atoms with van der Waals surface area (Å²) in [6, 6.07) is 0.485. The normalized spacial score (nSPS) is 34.1. The van der Waals surface area contributed by atoms with Crippen LogP contribution in [0.25, 0.3) is 0 Å². The van der Waals surface area contributed by atoms with E-state index in [1.807, 2.05) is 0 Å². The Labute approximate surface area is 71.9 Å². The largest absolute Gasteiger partial charge is 0.352 e. The Kier molecular flexibility index (Phi) is 2.02. The molecule has 1 saturated carbocycles. The van der Waals surface area contributed by atoms with Crippen LogP contribution in [0.3, 0.4) is 0 Å².